The van der Waals surface area contributed by atoms with Gasteiger partial charge >= 0.3 is 0 Å². The summed E-state index contributed by atoms with van der Waals surface area (Å²) >= 11 is 0. The molecule has 3 rings (SSSR count). The summed E-state index contributed by atoms with van der Waals surface area (Å²) in [6, 6.07) is 12.7. The number of nitriles is 1. The highest BCUT2D eigenvalue weighted by Crippen LogP contribution is 2.36. The molecule has 2 aromatic rings. The number of nitrogens with zero attached hydrogens (tertiary/aromatic N) is 4. The molecule has 0 spiro atoms. The van der Waals surface area contributed by atoms with Crippen LogP contribution in [-0.4, -0.2) is 60.7 Å². The molecule has 6 heteroatoms. The number of piperazine rings is 1. The summed E-state index contributed by atoms with van der Waals surface area (Å²) in [5.41, 5.74) is 0.548. The van der Waals surface area contributed by atoms with E-state index in [1.165, 1.54) is 12.1 Å². The van der Waals surface area contributed by atoms with Gasteiger partial charge in [0.15, 0.2) is 0 Å². The minimum Gasteiger partial charge on any atom is -0.492 e. The third-order valence-electron chi connectivity index (χ3n) is 6.36. The van der Waals surface area contributed by atoms with Crippen molar-refractivity contribution in [1.29, 1.82) is 5.26 Å². The number of ether oxygens (including phenoxy) is 1. The zero-order valence-electron chi connectivity index (χ0n) is 18.6. The van der Waals surface area contributed by atoms with Gasteiger partial charge in [0, 0.05) is 45.1 Å². The Labute approximate surface area is 185 Å². The standard InChI is InChI=1S/C25H33FN4O/c1-21(2)25(20-27,22-5-3-11-28-19-22)10-4-12-29-13-15-30(16-14-29)17-18-31-24-8-6-23(26)7-9-24/h3,5-9,11,19,21H,4,10,12-18H2,1-2H3. The Bertz CT molecular complexity index is 829. The molecule has 0 saturated carbocycles. The molecule has 1 atom stereocenters. The zero-order valence-corrected chi connectivity index (χ0v) is 18.6. The lowest BCUT2D eigenvalue weighted by atomic mass is 9.70. The highest BCUT2D eigenvalue weighted by Gasteiger charge is 2.36. The molecular weight excluding hydrogens is 391 g/mol. The quantitative estimate of drug-likeness (QED) is 0.574. The van der Waals surface area contributed by atoms with Gasteiger partial charge in [-0.15, -0.1) is 0 Å². The van der Waals surface area contributed by atoms with Crippen molar-refractivity contribution < 1.29 is 9.13 Å². The van der Waals surface area contributed by atoms with Crippen LogP contribution >= 0.6 is 0 Å². The average molecular weight is 425 g/mol. The summed E-state index contributed by atoms with van der Waals surface area (Å²) in [5, 5.41) is 10.0. The zero-order chi connectivity index (χ0) is 22.1. The first-order valence-corrected chi connectivity index (χ1v) is 11.2. The fourth-order valence-corrected chi connectivity index (χ4v) is 4.28. The van der Waals surface area contributed by atoms with Gasteiger partial charge in [0.05, 0.1) is 11.5 Å². The molecule has 2 heterocycles. The molecule has 1 aromatic carbocycles. The van der Waals surface area contributed by atoms with Crippen LogP contribution in [0.2, 0.25) is 0 Å². The topological polar surface area (TPSA) is 52.4 Å². The molecule has 1 aliphatic rings. The van der Waals surface area contributed by atoms with Crippen molar-refractivity contribution in [2.75, 3.05) is 45.9 Å². The number of hydrogen-bond donors (Lipinski definition) is 0. The minimum atomic E-state index is -0.478. The first-order chi connectivity index (χ1) is 15.0. The van der Waals surface area contributed by atoms with E-state index < -0.39 is 5.41 Å². The van der Waals surface area contributed by atoms with Crippen LogP contribution in [-0.2, 0) is 5.41 Å². The minimum absolute atomic E-state index is 0.236. The number of pyridine rings is 1. The number of aromatic nitrogens is 1. The van der Waals surface area contributed by atoms with E-state index in [4.69, 9.17) is 4.74 Å². The van der Waals surface area contributed by atoms with E-state index in [0.29, 0.717) is 12.4 Å². The molecule has 1 aromatic heterocycles. The Morgan fingerprint density at radius 3 is 2.35 bits per heavy atom. The molecule has 1 fully saturated rings. The highest BCUT2D eigenvalue weighted by molar-refractivity contribution is 5.31. The van der Waals surface area contributed by atoms with Gasteiger partial charge in [-0.2, -0.15) is 5.26 Å². The van der Waals surface area contributed by atoms with E-state index in [1.807, 2.05) is 18.3 Å². The second kappa shape index (κ2) is 11.2. The summed E-state index contributed by atoms with van der Waals surface area (Å²) in [5.74, 6) is 0.698. The van der Waals surface area contributed by atoms with Gasteiger partial charge in [-0.1, -0.05) is 19.9 Å². The van der Waals surface area contributed by atoms with Crippen molar-refractivity contribution in [3.05, 3.63) is 60.2 Å². The van der Waals surface area contributed by atoms with Crippen molar-refractivity contribution >= 4 is 0 Å². The van der Waals surface area contributed by atoms with Crippen LogP contribution in [0.25, 0.3) is 0 Å². The molecule has 0 N–H and O–H groups in total. The van der Waals surface area contributed by atoms with Gasteiger partial charge < -0.3 is 9.64 Å². The van der Waals surface area contributed by atoms with E-state index in [0.717, 1.165) is 57.7 Å². The molecule has 31 heavy (non-hydrogen) atoms. The van der Waals surface area contributed by atoms with Gasteiger partial charge in [0.1, 0.15) is 18.2 Å². The van der Waals surface area contributed by atoms with Crippen LogP contribution in [0.4, 0.5) is 4.39 Å². The first kappa shape index (κ1) is 23.2. The van der Waals surface area contributed by atoms with Crippen molar-refractivity contribution in [3.63, 3.8) is 0 Å². The Morgan fingerprint density at radius 1 is 1.10 bits per heavy atom. The van der Waals surface area contributed by atoms with Gasteiger partial charge in [-0.05, 0) is 61.2 Å². The summed E-state index contributed by atoms with van der Waals surface area (Å²) in [6.07, 6.45) is 5.44. The molecule has 0 amide bonds. The number of hydrogen-bond acceptors (Lipinski definition) is 5. The molecule has 1 aliphatic heterocycles. The summed E-state index contributed by atoms with van der Waals surface area (Å²) in [4.78, 5) is 9.14. The molecule has 0 bridgehead atoms. The predicted molar refractivity (Wildman–Crippen MR) is 120 cm³/mol. The van der Waals surface area contributed by atoms with Gasteiger partial charge in [-0.25, -0.2) is 4.39 Å². The average Bonchev–Trinajstić information content (AvgIpc) is 2.79. The molecular formula is C25H33FN4O. The maximum Gasteiger partial charge on any atom is 0.123 e. The lowest BCUT2D eigenvalue weighted by Crippen LogP contribution is -2.47. The normalized spacial score (nSPS) is 17.3. The van der Waals surface area contributed by atoms with E-state index >= 15 is 0 Å². The first-order valence-electron chi connectivity index (χ1n) is 11.2. The fraction of sp³-hybridized carbons (Fsp3) is 0.520. The Kier molecular flexibility index (Phi) is 8.39. The van der Waals surface area contributed by atoms with Gasteiger partial charge in [0.25, 0.3) is 0 Å². The van der Waals surface area contributed by atoms with Crippen LogP contribution in [0.5, 0.6) is 5.75 Å². The molecule has 166 valence electrons. The van der Waals surface area contributed by atoms with Gasteiger partial charge in [-0.3, -0.25) is 9.88 Å². The molecule has 5 nitrogen and oxygen atoms in total. The predicted octanol–water partition coefficient (Wildman–Crippen LogP) is 4.11. The van der Waals surface area contributed by atoms with E-state index in [9.17, 15) is 9.65 Å². The molecule has 0 radical (unpaired) electrons. The summed E-state index contributed by atoms with van der Waals surface area (Å²) in [6.45, 7) is 10.8. The summed E-state index contributed by atoms with van der Waals surface area (Å²) < 4.78 is 18.7. The maximum absolute atomic E-state index is 12.9. The van der Waals surface area contributed by atoms with Crippen LogP contribution < -0.4 is 4.74 Å². The summed E-state index contributed by atoms with van der Waals surface area (Å²) in [7, 11) is 0. The van der Waals surface area contributed by atoms with Crippen molar-refractivity contribution in [2.45, 2.75) is 32.1 Å². The van der Waals surface area contributed by atoms with Gasteiger partial charge in [0.2, 0.25) is 0 Å². The van der Waals surface area contributed by atoms with Crippen LogP contribution in [0.3, 0.4) is 0 Å². The third-order valence-corrected chi connectivity index (χ3v) is 6.36. The Balaban J connectivity index is 1.39. The van der Waals surface area contributed by atoms with Crippen LogP contribution in [0.1, 0.15) is 32.3 Å². The smallest absolute Gasteiger partial charge is 0.123 e. The number of halogens is 1. The second-order valence-electron chi connectivity index (χ2n) is 8.57. The lowest BCUT2D eigenvalue weighted by Gasteiger charge is -2.36. The van der Waals surface area contributed by atoms with Crippen molar-refractivity contribution in [1.82, 2.24) is 14.8 Å². The molecule has 1 saturated heterocycles. The molecule has 0 aliphatic carbocycles. The van der Waals surface area contributed by atoms with E-state index in [-0.39, 0.29) is 11.7 Å². The maximum atomic E-state index is 12.9. The monoisotopic (exact) mass is 424 g/mol. The Morgan fingerprint density at radius 2 is 1.77 bits per heavy atom. The van der Waals surface area contributed by atoms with E-state index in [1.54, 1.807) is 18.3 Å². The second-order valence-corrected chi connectivity index (χ2v) is 8.57. The van der Waals surface area contributed by atoms with E-state index in [2.05, 4.69) is 34.7 Å². The van der Waals surface area contributed by atoms with Crippen molar-refractivity contribution in [3.8, 4) is 11.8 Å². The largest absolute Gasteiger partial charge is 0.492 e. The fourth-order valence-electron chi connectivity index (χ4n) is 4.28. The van der Waals surface area contributed by atoms with Crippen LogP contribution in [0.15, 0.2) is 48.8 Å². The van der Waals surface area contributed by atoms with Crippen molar-refractivity contribution in [2.24, 2.45) is 5.92 Å². The highest BCUT2D eigenvalue weighted by atomic mass is 19.1. The number of rotatable bonds is 10. The molecule has 1 unspecified atom stereocenters. The number of benzene rings is 1. The Hall–Kier alpha value is -2.49. The van der Waals surface area contributed by atoms with Crippen LogP contribution in [0, 0.1) is 23.1 Å². The SMILES string of the molecule is CC(C)C(C#N)(CCCN1CCN(CCOc2ccc(F)cc2)CC1)c1cccnc1. The lowest BCUT2D eigenvalue weighted by molar-refractivity contribution is 0.114. The third kappa shape index (κ3) is 6.25.